The smallest absolute Gasteiger partial charge is 0.243 e. The van der Waals surface area contributed by atoms with Crippen LogP contribution in [0.25, 0.3) is 0 Å². The van der Waals surface area contributed by atoms with Crippen LogP contribution in [0.2, 0.25) is 0 Å². The van der Waals surface area contributed by atoms with Gasteiger partial charge >= 0.3 is 0 Å². The molecular weight excluding hydrogens is 284 g/mol. The molecule has 1 saturated heterocycles. The van der Waals surface area contributed by atoms with Crippen LogP contribution in [-0.4, -0.2) is 32.4 Å². The number of nitrogens with one attached hydrogen (secondary N) is 1. The molecule has 1 aliphatic rings. The van der Waals surface area contributed by atoms with E-state index in [9.17, 15) is 8.42 Å². The first-order chi connectivity index (χ1) is 9.87. The van der Waals surface area contributed by atoms with E-state index in [1.54, 1.807) is 16.4 Å². The summed E-state index contributed by atoms with van der Waals surface area (Å²) in [4.78, 5) is 0.450. The molecule has 21 heavy (non-hydrogen) atoms. The summed E-state index contributed by atoms with van der Waals surface area (Å²) < 4.78 is 27.4. The molecule has 4 nitrogen and oxygen atoms in total. The zero-order valence-corrected chi connectivity index (χ0v) is 14.0. The van der Waals surface area contributed by atoms with Gasteiger partial charge in [-0.1, -0.05) is 39.0 Å². The number of benzene rings is 1. The Morgan fingerprint density at radius 3 is 2.43 bits per heavy atom. The van der Waals surface area contributed by atoms with E-state index in [0.29, 0.717) is 24.5 Å². The van der Waals surface area contributed by atoms with Crippen LogP contribution in [0.15, 0.2) is 29.2 Å². The normalized spacial score (nSPS) is 19.6. The van der Waals surface area contributed by atoms with Crippen molar-refractivity contribution < 1.29 is 8.42 Å². The number of hydrogen-bond acceptors (Lipinski definition) is 3. The summed E-state index contributed by atoms with van der Waals surface area (Å²) in [6.45, 7) is 9.07. The van der Waals surface area contributed by atoms with E-state index >= 15 is 0 Å². The first kappa shape index (κ1) is 16.5. The predicted octanol–water partition coefficient (Wildman–Crippen LogP) is 2.61. The lowest BCUT2D eigenvalue weighted by Gasteiger charge is -2.36. The van der Waals surface area contributed by atoms with Crippen molar-refractivity contribution in [2.75, 3.05) is 19.6 Å². The molecule has 0 radical (unpaired) electrons. The molecule has 1 aliphatic heterocycles. The van der Waals surface area contributed by atoms with Gasteiger partial charge in [-0.2, -0.15) is 4.31 Å². The van der Waals surface area contributed by atoms with E-state index in [2.05, 4.69) is 19.2 Å². The third kappa shape index (κ3) is 3.84. The second-order valence-corrected chi connectivity index (χ2v) is 8.36. The zero-order valence-electron chi connectivity index (χ0n) is 13.2. The lowest BCUT2D eigenvalue weighted by molar-refractivity contribution is 0.196. The summed E-state index contributed by atoms with van der Waals surface area (Å²) in [5.41, 5.74) is 1.10. The number of rotatable bonds is 5. The van der Waals surface area contributed by atoms with Crippen molar-refractivity contribution in [1.82, 2.24) is 9.62 Å². The second kappa shape index (κ2) is 6.46. The maximum absolute atomic E-state index is 12.9. The van der Waals surface area contributed by atoms with Gasteiger partial charge in [0.15, 0.2) is 0 Å². The minimum atomic E-state index is -3.38. The lowest BCUT2D eigenvalue weighted by Crippen LogP contribution is -2.41. The monoisotopic (exact) mass is 310 g/mol. The highest BCUT2D eigenvalue weighted by Crippen LogP contribution is 2.32. The summed E-state index contributed by atoms with van der Waals surface area (Å²) in [5.74, 6) is 0. The van der Waals surface area contributed by atoms with Gasteiger partial charge in [0.1, 0.15) is 0 Å². The van der Waals surface area contributed by atoms with Crippen LogP contribution in [0.3, 0.4) is 0 Å². The Labute approximate surface area is 128 Å². The summed E-state index contributed by atoms with van der Waals surface area (Å²) in [6.07, 6.45) is 1.84. The maximum Gasteiger partial charge on any atom is 0.243 e. The third-order valence-electron chi connectivity index (χ3n) is 4.23. The molecule has 0 saturated carbocycles. The first-order valence-electron chi connectivity index (χ1n) is 7.65. The van der Waals surface area contributed by atoms with Crippen LogP contribution in [0, 0.1) is 5.41 Å². The minimum absolute atomic E-state index is 0.245. The molecule has 0 aromatic heterocycles. The van der Waals surface area contributed by atoms with Gasteiger partial charge in [-0.25, -0.2) is 8.42 Å². The van der Waals surface area contributed by atoms with E-state index < -0.39 is 10.0 Å². The molecule has 5 heteroatoms. The number of sulfonamides is 1. The van der Waals surface area contributed by atoms with Crippen LogP contribution in [0.1, 0.15) is 39.2 Å². The summed E-state index contributed by atoms with van der Waals surface area (Å²) in [5, 5.41) is 3.21. The molecule has 1 aromatic carbocycles. The van der Waals surface area contributed by atoms with Gasteiger partial charge in [-0.15, -0.1) is 0 Å². The largest absolute Gasteiger partial charge is 0.313 e. The van der Waals surface area contributed by atoms with Gasteiger partial charge < -0.3 is 5.32 Å². The first-order valence-corrected chi connectivity index (χ1v) is 9.09. The fraction of sp³-hybridized carbons (Fsp3) is 0.625. The Morgan fingerprint density at radius 1 is 1.19 bits per heavy atom. The van der Waals surface area contributed by atoms with Crippen molar-refractivity contribution in [3.63, 3.8) is 0 Å². The summed E-state index contributed by atoms with van der Waals surface area (Å²) in [7, 11) is -3.38. The van der Waals surface area contributed by atoms with Gasteiger partial charge in [0.2, 0.25) is 10.0 Å². The van der Waals surface area contributed by atoms with Gasteiger partial charge in [0.05, 0.1) is 4.90 Å². The highest BCUT2D eigenvalue weighted by atomic mass is 32.2. The molecule has 1 N–H and O–H groups in total. The molecule has 0 bridgehead atoms. The van der Waals surface area contributed by atoms with Gasteiger partial charge in [0, 0.05) is 19.6 Å². The molecule has 0 unspecified atom stereocenters. The van der Waals surface area contributed by atoms with Crippen molar-refractivity contribution in [1.29, 1.82) is 0 Å². The number of piperidine rings is 1. The third-order valence-corrected chi connectivity index (χ3v) is 6.23. The number of nitrogens with zero attached hydrogens (tertiary/aromatic N) is 1. The highest BCUT2D eigenvalue weighted by Gasteiger charge is 2.33. The highest BCUT2D eigenvalue weighted by molar-refractivity contribution is 7.89. The fourth-order valence-electron chi connectivity index (χ4n) is 2.63. The van der Waals surface area contributed by atoms with E-state index in [1.165, 1.54) is 0 Å². The van der Waals surface area contributed by atoms with E-state index in [0.717, 1.165) is 24.9 Å². The van der Waals surface area contributed by atoms with E-state index in [4.69, 9.17) is 0 Å². The molecule has 0 atom stereocenters. The predicted molar refractivity (Wildman–Crippen MR) is 85.6 cm³/mol. The maximum atomic E-state index is 12.9. The van der Waals surface area contributed by atoms with Crippen molar-refractivity contribution in [2.24, 2.45) is 5.41 Å². The van der Waals surface area contributed by atoms with Crippen LogP contribution in [-0.2, 0) is 16.6 Å². The quantitative estimate of drug-likeness (QED) is 0.909. The molecule has 0 aliphatic carbocycles. The van der Waals surface area contributed by atoms with Crippen molar-refractivity contribution in [2.45, 2.75) is 45.1 Å². The van der Waals surface area contributed by atoms with E-state index in [-0.39, 0.29) is 5.41 Å². The lowest BCUT2D eigenvalue weighted by atomic mass is 9.83. The van der Waals surface area contributed by atoms with E-state index in [1.807, 2.05) is 19.1 Å². The Morgan fingerprint density at radius 2 is 1.81 bits per heavy atom. The van der Waals surface area contributed by atoms with Crippen molar-refractivity contribution in [3.05, 3.63) is 29.8 Å². The molecular formula is C16H26N2O2S. The summed E-state index contributed by atoms with van der Waals surface area (Å²) in [6, 6.07) is 7.31. The summed E-state index contributed by atoms with van der Waals surface area (Å²) >= 11 is 0. The Kier molecular flexibility index (Phi) is 5.07. The van der Waals surface area contributed by atoms with Gasteiger partial charge in [-0.05, 0) is 36.4 Å². The van der Waals surface area contributed by atoms with Crippen LogP contribution in [0.5, 0.6) is 0 Å². The number of hydrogen-bond donors (Lipinski definition) is 1. The molecule has 2 rings (SSSR count). The Bertz CT molecular complexity index is 572. The van der Waals surface area contributed by atoms with Gasteiger partial charge in [-0.3, -0.25) is 0 Å². The van der Waals surface area contributed by atoms with Crippen LogP contribution >= 0.6 is 0 Å². The molecule has 0 amide bonds. The second-order valence-electron chi connectivity index (χ2n) is 6.46. The minimum Gasteiger partial charge on any atom is -0.313 e. The average molecular weight is 310 g/mol. The molecule has 1 aromatic rings. The average Bonchev–Trinajstić information content (AvgIpc) is 2.45. The fourth-order valence-corrected chi connectivity index (χ4v) is 4.30. The van der Waals surface area contributed by atoms with Crippen molar-refractivity contribution in [3.8, 4) is 0 Å². The van der Waals surface area contributed by atoms with Crippen LogP contribution in [0.4, 0.5) is 0 Å². The topological polar surface area (TPSA) is 49.4 Å². The Hall–Kier alpha value is -0.910. The van der Waals surface area contributed by atoms with Crippen LogP contribution < -0.4 is 5.32 Å². The molecule has 1 heterocycles. The van der Waals surface area contributed by atoms with Crippen molar-refractivity contribution >= 4 is 10.0 Å². The molecule has 0 spiro atoms. The zero-order chi connectivity index (χ0) is 15.5. The molecule has 118 valence electrons. The SMILES string of the molecule is CCNCc1ccccc1S(=O)(=O)N1CCC(C)(C)CC1. The Balaban J connectivity index is 2.24. The van der Waals surface area contributed by atoms with Gasteiger partial charge in [0.25, 0.3) is 0 Å². The standard InChI is InChI=1S/C16H26N2O2S/c1-4-17-13-14-7-5-6-8-15(14)21(19,20)18-11-9-16(2,3)10-12-18/h5-8,17H,4,9-13H2,1-3H3. The molecule has 1 fully saturated rings.